The molecule has 1 amide bonds. The quantitative estimate of drug-likeness (QED) is 0.165. The number of nitrogens with zero attached hydrogens (tertiary/aromatic N) is 2. The molecule has 1 aliphatic rings. The number of esters is 3. The van der Waals surface area contributed by atoms with Crippen molar-refractivity contribution in [1.82, 2.24) is 9.55 Å². The van der Waals surface area contributed by atoms with Crippen molar-refractivity contribution in [2.75, 3.05) is 11.9 Å². The summed E-state index contributed by atoms with van der Waals surface area (Å²) in [6.07, 6.45) is -4.04. The lowest BCUT2D eigenvalue weighted by Crippen LogP contribution is -2.42. The van der Waals surface area contributed by atoms with Crippen molar-refractivity contribution in [3.63, 3.8) is 0 Å². The number of hydrogen-bond donors (Lipinski definition) is 1. The summed E-state index contributed by atoms with van der Waals surface area (Å²) < 4.78 is 24.6. The fourth-order valence-electron chi connectivity index (χ4n) is 5.14. The second kappa shape index (κ2) is 15.0. The van der Waals surface area contributed by atoms with E-state index in [-0.39, 0.29) is 22.5 Å². The summed E-state index contributed by atoms with van der Waals surface area (Å²) in [5.74, 6) is -2.73. The Bertz CT molecular complexity index is 1990. The topological polar surface area (TPSA) is 152 Å². The zero-order chi connectivity index (χ0) is 34.2. The highest BCUT2D eigenvalue weighted by molar-refractivity contribution is 6.03. The van der Waals surface area contributed by atoms with Crippen LogP contribution in [0.3, 0.4) is 0 Å². The molecule has 1 N–H and O–H groups in total. The van der Waals surface area contributed by atoms with Crippen molar-refractivity contribution >= 4 is 29.6 Å². The first kappa shape index (κ1) is 32.5. The molecule has 1 aromatic heterocycles. The van der Waals surface area contributed by atoms with Crippen LogP contribution in [-0.4, -0.2) is 58.3 Å². The van der Waals surface area contributed by atoms with Crippen LogP contribution in [0.25, 0.3) is 0 Å². The fraction of sp³-hybridized carbons (Fsp3) is 0.135. The van der Waals surface area contributed by atoms with Gasteiger partial charge >= 0.3 is 23.6 Å². The Morgan fingerprint density at radius 3 is 1.61 bits per heavy atom. The van der Waals surface area contributed by atoms with Gasteiger partial charge in [0.25, 0.3) is 5.91 Å². The van der Waals surface area contributed by atoms with Gasteiger partial charge in [0.1, 0.15) is 18.5 Å². The standard InChI is InChI=1S/C37H29N3O9/c41-32(24-13-5-1-6-14-24)38-29-21-22-40(37(45)39-29)33-31(49-36(44)27-19-11-4-12-20-27)30(48-35(43)26-17-9-3-10-18-26)28(47-33)23-46-34(42)25-15-7-2-8-16-25/h1-22,28,30-31,33H,23H2,(H,38,39,41,45)/t28-,30-,31+,33+/m0/s1. The lowest BCUT2D eigenvalue weighted by atomic mass is 10.1. The van der Waals surface area contributed by atoms with Gasteiger partial charge in [0.2, 0.25) is 0 Å². The Morgan fingerprint density at radius 1 is 0.633 bits per heavy atom. The Balaban J connectivity index is 1.33. The van der Waals surface area contributed by atoms with E-state index in [1.807, 2.05) is 0 Å². The maximum absolute atomic E-state index is 13.4. The van der Waals surface area contributed by atoms with E-state index in [2.05, 4.69) is 10.3 Å². The van der Waals surface area contributed by atoms with Gasteiger partial charge in [-0.2, -0.15) is 4.98 Å². The zero-order valence-corrected chi connectivity index (χ0v) is 25.8. The van der Waals surface area contributed by atoms with Crippen LogP contribution >= 0.6 is 0 Å². The van der Waals surface area contributed by atoms with Crippen LogP contribution in [0.2, 0.25) is 0 Å². The van der Waals surface area contributed by atoms with E-state index in [1.54, 1.807) is 109 Å². The first-order valence-electron chi connectivity index (χ1n) is 15.2. The Labute approximate surface area is 279 Å². The summed E-state index contributed by atoms with van der Waals surface area (Å²) in [6.45, 7) is -0.427. The number of anilines is 1. The molecule has 4 aromatic carbocycles. The van der Waals surface area contributed by atoms with E-state index in [0.717, 1.165) is 4.57 Å². The molecule has 0 radical (unpaired) electrons. The van der Waals surface area contributed by atoms with Crippen LogP contribution in [0.1, 0.15) is 47.7 Å². The molecule has 0 aliphatic carbocycles. The molecular weight excluding hydrogens is 630 g/mol. The summed E-state index contributed by atoms with van der Waals surface area (Å²) in [4.78, 5) is 69.7. The van der Waals surface area contributed by atoms with Gasteiger partial charge in [0.15, 0.2) is 18.4 Å². The Hall–Kier alpha value is -6.40. The highest BCUT2D eigenvalue weighted by atomic mass is 16.7. The minimum atomic E-state index is -1.41. The number of nitrogens with one attached hydrogen (secondary N) is 1. The molecule has 1 aliphatic heterocycles. The van der Waals surface area contributed by atoms with Gasteiger partial charge in [-0.3, -0.25) is 9.36 Å². The molecule has 0 saturated carbocycles. The number of aromatic nitrogens is 2. The molecule has 0 spiro atoms. The molecule has 1 saturated heterocycles. The lowest BCUT2D eigenvalue weighted by molar-refractivity contribution is -0.0639. The predicted octanol–water partition coefficient (Wildman–Crippen LogP) is 4.70. The summed E-state index contributed by atoms with van der Waals surface area (Å²) in [7, 11) is 0. The Morgan fingerprint density at radius 2 is 1.10 bits per heavy atom. The van der Waals surface area contributed by atoms with Gasteiger partial charge in [-0.15, -0.1) is 0 Å². The van der Waals surface area contributed by atoms with Crippen molar-refractivity contribution in [3.05, 3.63) is 166 Å². The molecule has 6 rings (SSSR count). The average molecular weight is 660 g/mol. The van der Waals surface area contributed by atoms with Gasteiger partial charge in [0.05, 0.1) is 16.7 Å². The first-order chi connectivity index (χ1) is 23.9. The monoisotopic (exact) mass is 659 g/mol. The average Bonchev–Trinajstić information content (AvgIpc) is 3.47. The van der Waals surface area contributed by atoms with E-state index >= 15 is 0 Å². The van der Waals surface area contributed by atoms with Crippen molar-refractivity contribution in [2.45, 2.75) is 24.5 Å². The van der Waals surface area contributed by atoms with Gasteiger partial charge in [-0.25, -0.2) is 19.2 Å². The number of carbonyl (C=O) groups excluding carboxylic acids is 4. The molecule has 5 aromatic rings. The van der Waals surface area contributed by atoms with Crippen LogP contribution in [-0.2, 0) is 18.9 Å². The zero-order valence-electron chi connectivity index (χ0n) is 25.8. The maximum Gasteiger partial charge on any atom is 0.351 e. The smallest absolute Gasteiger partial charge is 0.351 e. The summed E-state index contributed by atoms with van der Waals surface area (Å²) in [6, 6.07) is 34.2. The van der Waals surface area contributed by atoms with E-state index in [4.69, 9.17) is 18.9 Å². The van der Waals surface area contributed by atoms with Gasteiger partial charge in [-0.05, 0) is 54.6 Å². The maximum atomic E-state index is 13.4. The van der Waals surface area contributed by atoms with E-state index in [0.29, 0.717) is 5.56 Å². The van der Waals surface area contributed by atoms with E-state index < -0.39 is 60.7 Å². The number of amides is 1. The predicted molar refractivity (Wildman–Crippen MR) is 175 cm³/mol. The van der Waals surface area contributed by atoms with Crippen molar-refractivity contribution in [3.8, 4) is 0 Å². The lowest BCUT2D eigenvalue weighted by Gasteiger charge is -2.25. The number of hydrogen-bond acceptors (Lipinski definition) is 10. The Kier molecular flexibility index (Phi) is 9.96. The molecule has 1 fully saturated rings. The molecule has 2 heterocycles. The van der Waals surface area contributed by atoms with Crippen molar-refractivity contribution in [2.24, 2.45) is 0 Å². The summed E-state index contributed by atoms with van der Waals surface area (Å²) in [5, 5.41) is 2.58. The molecule has 49 heavy (non-hydrogen) atoms. The second-order valence-electron chi connectivity index (χ2n) is 10.8. The van der Waals surface area contributed by atoms with Crippen LogP contribution in [0.15, 0.2) is 138 Å². The molecule has 0 unspecified atom stereocenters. The summed E-state index contributed by atoms with van der Waals surface area (Å²) >= 11 is 0. The molecule has 246 valence electrons. The number of benzene rings is 4. The van der Waals surface area contributed by atoms with Gasteiger partial charge in [0, 0.05) is 11.8 Å². The first-order valence-corrected chi connectivity index (χ1v) is 15.2. The van der Waals surface area contributed by atoms with Crippen LogP contribution in [0, 0.1) is 0 Å². The van der Waals surface area contributed by atoms with Crippen LogP contribution in [0.4, 0.5) is 5.82 Å². The third kappa shape index (κ3) is 7.77. The number of carbonyl (C=O) groups is 4. The normalized spacial score (nSPS) is 18.2. The number of rotatable bonds is 10. The van der Waals surface area contributed by atoms with E-state index in [1.165, 1.54) is 24.4 Å². The molecule has 4 atom stereocenters. The minimum absolute atomic E-state index is 0.0358. The SMILES string of the molecule is O=C(Nc1ccn([C@@H]2O[C@@H](COC(=O)c3ccccc3)[C@H](OC(=O)c3ccccc3)[C@H]2OC(=O)c2ccccc2)c(=O)n1)c1ccccc1. The summed E-state index contributed by atoms with van der Waals surface area (Å²) in [5.41, 5.74) is 0.160. The van der Waals surface area contributed by atoms with Gasteiger partial charge in [-0.1, -0.05) is 72.8 Å². The molecule has 0 bridgehead atoms. The van der Waals surface area contributed by atoms with Gasteiger partial charge < -0.3 is 24.3 Å². The van der Waals surface area contributed by atoms with Crippen LogP contribution < -0.4 is 11.0 Å². The highest BCUT2D eigenvalue weighted by Gasteiger charge is 2.51. The third-order valence-electron chi connectivity index (χ3n) is 7.56. The third-order valence-corrected chi connectivity index (χ3v) is 7.56. The van der Waals surface area contributed by atoms with E-state index in [9.17, 15) is 24.0 Å². The molecule has 12 nitrogen and oxygen atoms in total. The van der Waals surface area contributed by atoms with Crippen molar-refractivity contribution < 1.29 is 38.1 Å². The molecule has 12 heteroatoms. The van der Waals surface area contributed by atoms with Crippen LogP contribution in [0.5, 0.6) is 0 Å². The fourth-order valence-corrected chi connectivity index (χ4v) is 5.14. The second-order valence-corrected chi connectivity index (χ2v) is 10.8. The molecular formula is C37H29N3O9. The number of ether oxygens (including phenoxy) is 4. The largest absolute Gasteiger partial charge is 0.459 e. The highest BCUT2D eigenvalue weighted by Crippen LogP contribution is 2.35. The van der Waals surface area contributed by atoms with Crippen molar-refractivity contribution in [1.29, 1.82) is 0 Å². The minimum Gasteiger partial charge on any atom is -0.459 e.